The lowest BCUT2D eigenvalue weighted by atomic mass is 10.2. The number of nitrogens with one attached hydrogen (secondary N) is 1. The second-order valence-electron chi connectivity index (χ2n) is 5.27. The van der Waals surface area contributed by atoms with Crippen LogP contribution in [0.3, 0.4) is 0 Å². The summed E-state index contributed by atoms with van der Waals surface area (Å²) in [6.45, 7) is 2.04. The van der Waals surface area contributed by atoms with Crippen molar-refractivity contribution in [3.05, 3.63) is 59.9 Å². The van der Waals surface area contributed by atoms with Gasteiger partial charge in [-0.3, -0.25) is 4.79 Å². The first-order chi connectivity index (χ1) is 11.7. The number of methoxy groups -OCH3 is 1. The zero-order chi connectivity index (χ0) is 16.9. The Morgan fingerprint density at radius 3 is 2.83 bits per heavy atom. The Balaban J connectivity index is 1.69. The minimum atomic E-state index is -0.215. The van der Waals surface area contributed by atoms with Gasteiger partial charge in [-0.15, -0.1) is 0 Å². The second-order valence-corrected chi connectivity index (χ2v) is 5.27. The van der Waals surface area contributed by atoms with Crippen LogP contribution in [0.5, 0.6) is 5.75 Å². The summed E-state index contributed by atoms with van der Waals surface area (Å²) in [5.41, 5.74) is 5.14. The lowest BCUT2D eigenvalue weighted by molar-refractivity contribution is -0.121. The molecule has 3 rings (SSSR count). The predicted molar refractivity (Wildman–Crippen MR) is 93.2 cm³/mol. The Labute approximate surface area is 139 Å². The van der Waals surface area contributed by atoms with Crippen molar-refractivity contribution in [1.29, 1.82) is 0 Å². The summed E-state index contributed by atoms with van der Waals surface area (Å²) in [6.07, 6.45) is 1.57. The zero-order valence-electron chi connectivity index (χ0n) is 13.6. The highest BCUT2D eigenvalue weighted by Crippen LogP contribution is 2.15. The van der Waals surface area contributed by atoms with Crippen molar-refractivity contribution in [1.82, 2.24) is 15.0 Å². The normalized spacial score (nSPS) is 11.1. The van der Waals surface area contributed by atoms with E-state index in [1.54, 1.807) is 13.3 Å². The SMILES string of the molecule is COc1ccccc1/C=N\NC(=O)Cn1c(C)nc2ccccc21. The number of rotatable bonds is 5. The molecule has 24 heavy (non-hydrogen) atoms. The zero-order valence-corrected chi connectivity index (χ0v) is 13.6. The van der Waals surface area contributed by atoms with Crippen LogP contribution in [0.1, 0.15) is 11.4 Å². The number of hydrogen-bond acceptors (Lipinski definition) is 4. The van der Waals surface area contributed by atoms with Crippen molar-refractivity contribution in [3.63, 3.8) is 0 Å². The van der Waals surface area contributed by atoms with Crippen LogP contribution in [0.2, 0.25) is 0 Å². The second kappa shape index (κ2) is 6.95. The molecule has 0 radical (unpaired) electrons. The number of fused-ring (bicyclic) bond motifs is 1. The number of imidazole rings is 1. The van der Waals surface area contributed by atoms with E-state index in [1.807, 2.05) is 60.0 Å². The first-order valence-corrected chi connectivity index (χ1v) is 7.56. The van der Waals surface area contributed by atoms with Crippen LogP contribution >= 0.6 is 0 Å². The molecule has 0 aliphatic heterocycles. The number of amides is 1. The summed E-state index contributed by atoms with van der Waals surface area (Å²) >= 11 is 0. The lowest BCUT2D eigenvalue weighted by Gasteiger charge is -2.06. The molecule has 0 unspecified atom stereocenters. The van der Waals surface area contributed by atoms with Gasteiger partial charge in [0.2, 0.25) is 0 Å². The van der Waals surface area contributed by atoms with Crippen LogP contribution < -0.4 is 10.2 Å². The highest BCUT2D eigenvalue weighted by Gasteiger charge is 2.10. The van der Waals surface area contributed by atoms with E-state index in [2.05, 4.69) is 15.5 Å². The molecule has 0 spiro atoms. The number of hydrazone groups is 1. The molecular formula is C18H18N4O2. The minimum Gasteiger partial charge on any atom is -0.496 e. The fraction of sp³-hybridized carbons (Fsp3) is 0.167. The third-order valence-electron chi connectivity index (χ3n) is 3.68. The van der Waals surface area contributed by atoms with Gasteiger partial charge in [0.25, 0.3) is 5.91 Å². The maximum Gasteiger partial charge on any atom is 0.260 e. The maximum absolute atomic E-state index is 12.1. The highest BCUT2D eigenvalue weighted by molar-refractivity contribution is 5.85. The molecule has 1 amide bonds. The third kappa shape index (κ3) is 3.27. The van der Waals surface area contributed by atoms with Gasteiger partial charge in [0.15, 0.2) is 0 Å². The molecule has 0 saturated heterocycles. The van der Waals surface area contributed by atoms with E-state index in [1.165, 1.54) is 0 Å². The van der Waals surface area contributed by atoms with E-state index >= 15 is 0 Å². The largest absolute Gasteiger partial charge is 0.496 e. The van der Waals surface area contributed by atoms with Gasteiger partial charge in [-0.1, -0.05) is 24.3 Å². The summed E-state index contributed by atoms with van der Waals surface area (Å²) in [6, 6.07) is 15.2. The molecule has 6 nitrogen and oxygen atoms in total. The number of aryl methyl sites for hydroxylation is 1. The predicted octanol–water partition coefficient (Wildman–Crippen LogP) is 2.50. The van der Waals surface area contributed by atoms with Crippen LogP contribution in [0.15, 0.2) is 53.6 Å². The Kier molecular flexibility index (Phi) is 4.56. The summed E-state index contributed by atoms with van der Waals surface area (Å²) in [7, 11) is 1.60. The van der Waals surface area contributed by atoms with Crippen molar-refractivity contribution < 1.29 is 9.53 Å². The van der Waals surface area contributed by atoms with Gasteiger partial charge in [0.1, 0.15) is 18.1 Å². The fourth-order valence-electron chi connectivity index (χ4n) is 2.52. The van der Waals surface area contributed by atoms with E-state index in [-0.39, 0.29) is 12.5 Å². The van der Waals surface area contributed by atoms with Crippen LogP contribution in [-0.4, -0.2) is 28.8 Å². The Morgan fingerprint density at radius 2 is 2.00 bits per heavy atom. The molecule has 0 aliphatic rings. The number of carbonyl (C=O) groups is 1. The average molecular weight is 322 g/mol. The van der Waals surface area contributed by atoms with Gasteiger partial charge in [-0.2, -0.15) is 5.10 Å². The van der Waals surface area contributed by atoms with Crippen LogP contribution in [0.4, 0.5) is 0 Å². The smallest absolute Gasteiger partial charge is 0.260 e. The Bertz CT molecular complexity index is 899. The van der Waals surface area contributed by atoms with Crippen LogP contribution in [0, 0.1) is 6.92 Å². The van der Waals surface area contributed by atoms with E-state index in [9.17, 15) is 4.79 Å². The van der Waals surface area contributed by atoms with Crippen molar-refractivity contribution >= 4 is 23.2 Å². The number of aromatic nitrogens is 2. The first kappa shape index (κ1) is 15.7. The molecule has 0 aliphatic carbocycles. The van der Waals surface area contributed by atoms with Crippen molar-refractivity contribution in [3.8, 4) is 5.75 Å². The van der Waals surface area contributed by atoms with Gasteiger partial charge in [-0.25, -0.2) is 10.4 Å². The average Bonchev–Trinajstić information content (AvgIpc) is 2.91. The standard InChI is InChI=1S/C18H18N4O2/c1-13-20-15-8-4-5-9-16(15)22(13)12-18(23)21-19-11-14-7-3-6-10-17(14)24-2/h3-11H,12H2,1-2H3,(H,21,23)/b19-11-. The molecule has 3 aromatic rings. The summed E-state index contributed by atoms with van der Waals surface area (Å²) in [5, 5.41) is 4.00. The number of nitrogens with zero attached hydrogens (tertiary/aromatic N) is 3. The highest BCUT2D eigenvalue weighted by atomic mass is 16.5. The van der Waals surface area contributed by atoms with Gasteiger partial charge >= 0.3 is 0 Å². The molecule has 1 N–H and O–H groups in total. The molecule has 1 heterocycles. The Morgan fingerprint density at radius 1 is 1.25 bits per heavy atom. The molecule has 0 fully saturated rings. The van der Waals surface area contributed by atoms with E-state index in [4.69, 9.17) is 4.74 Å². The molecular weight excluding hydrogens is 304 g/mol. The van der Waals surface area contributed by atoms with Crippen LogP contribution in [-0.2, 0) is 11.3 Å². The summed E-state index contributed by atoms with van der Waals surface area (Å²) in [5.74, 6) is 1.28. The number of ether oxygens (including phenoxy) is 1. The maximum atomic E-state index is 12.1. The first-order valence-electron chi connectivity index (χ1n) is 7.56. The molecule has 0 atom stereocenters. The topological polar surface area (TPSA) is 68.5 Å². The number of para-hydroxylation sites is 3. The fourth-order valence-corrected chi connectivity index (χ4v) is 2.52. The minimum absolute atomic E-state index is 0.162. The van der Waals surface area contributed by atoms with E-state index < -0.39 is 0 Å². The van der Waals surface area contributed by atoms with Gasteiger partial charge in [0.05, 0.1) is 24.4 Å². The molecule has 0 bridgehead atoms. The Hall–Kier alpha value is -3.15. The molecule has 0 saturated carbocycles. The third-order valence-corrected chi connectivity index (χ3v) is 3.68. The lowest BCUT2D eigenvalue weighted by Crippen LogP contribution is -2.23. The van der Waals surface area contributed by atoms with E-state index in [0.29, 0.717) is 5.75 Å². The van der Waals surface area contributed by atoms with Gasteiger partial charge in [0, 0.05) is 5.56 Å². The number of benzene rings is 2. The van der Waals surface area contributed by atoms with E-state index in [0.717, 1.165) is 22.4 Å². The van der Waals surface area contributed by atoms with Crippen LogP contribution in [0.25, 0.3) is 11.0 Å². The molecule has 2 aromatic carbocycles. The number of hydrogen-bond donors (Lipinski definition) is 1. The van der Waals surface area contributed by atoms with Gasteiger partial charge < -0.3 is 9.30 Å². The van der Waals surface area contributed by atoms with Crippen molar-refractivity contribution in [2.24, 2.45) is 5.10 Å². The van der Waals surface area contributed by atoms with Gasteiger partial charge in [-0.05, 0) is 31.2 Å². The molecule has 122 valence electrons. The number of carbonyl (C=O) groups excluding carboxylic acids is 1. The monoisotopic (exact) mass is 322 g/mol. The quantitative estimate of drug-likeness (QED) is 0.580. The van der Waals surface area contributed by atoms with Crippen molar-refractivity contribution in [2.45, 2.75) is 13.5 Å². The summed E-state index contributed by atoms with van der Waals surface area (Å²) < 4.78 is 7.10. The van der Waals surface area contributed by atoms with Crippen molar-refractivity contribution in [2.75, 3.05) is 7.11 Å². The molecule has 1 aromatic heterocycles. The summed E-state index contributed by atoms with van der Waals surface area (Å²) in [4.78, 5) is 16.6. The molecule has 6 heteroatoms.